The van der Waals surface area contributed by atoms with Gasteiger partial charge < -0.3 is 9.52 Å². The summed E-state index contributed by atoms with van der Waals surface area (Å²) in [5.74, 6) is -0.715. The third-order valence-corrected chi connectivity index (χ3v) is 5.78. The Hall–Kier alpha value is -1.38. The monoisotopic (exact) mass is 316 g/mol. The van der Waals surface area contributed by atoms with E-state index in [4.69, 9.17) is 9.52 Å². The first-order chi connectivity index (χ1) is 9.95. The van der Waals surface area contributed by atoms with Gasteiger partial charge in [0.2, 0.25) is 0 Å². The molecule has 0 aliphatic carbocycles. The van der Waals surface area contributed by atoms with Gasteiger partial charge in [-0.2, -0.15) is 17.0 Å². The third-order valence-electron chi connectivity index (χ3n) is 3.72. The van der Waals surface area contributed by atoms with Crippen LogP contribution >= 0.6 is 0 Å². The van der Waals surface area contributed by atoms with Gasteiger partial charge in [-0.3, -0.25) is 4.79 Å². The molecule has 0 saturated carbocycles. The average Bonchev–Trinajstić information content (AvgIpc) is 2.97. The van der Waals surface area contributed by atoms with E-state index in [0.29, 0.717) is 25.1 Å². The molecule has 0 unspecified atom stereocenters. The molecule has 0 spiro atoms. The van der Waals surface area contributed by atoms with Gasteiger partial charge in [0.1, 0.15) is 5.76 Å². The largest absolute Gasteiger partial charge is 0.481 e. The Labute approximate surface area is 124 Å². The van der Waals surface area contributed by atoms with Crippen molar-refractivity contribution in [1.82, 2.24) is 8.61 Å². The molecule has 21 heavy (non-hydrogen) atoms. The Kier molecular flexibility index (Phi) is 5.02. The molecule has 0 radical (unpaired) electrons. The maximum Gasteiger partial charge on any atom is 0.306 e. The Morgan fingerprint density at radius 2 is 2.14 bits per heavy atom. The number of hydrogen-bond donors (Lipinski definition) is 1. The van der Waals surface area contributed by atoms with E-state index in [1.54, 1.807) is 19.1 Å². The normalized spacial score (nSPS) is 18.2. The van der Waals surface area contributed by atoms with Crippen molar-refractivity contribution in [2.75, 3.05) is 19.6 Å². The van der Waals surface area contributed by atoms with Crippen molar-refractivity contribution in [2.24, 2.45) is 5.92 Å². The van der Waals surface area contributed by atoms with Crippen LogP contribution in [0, 0.1) is 5.92 Å². The molecule has 0 aromatic carbocycles. The van der Waals surface area contributed by atoms with E-state index >= 15 is 0 Å². The number of nitrogens with zero attached hydrogens (tertiary/aromatic N) is 2. The molecule has 1 aliphatic heterocycles. The van der Waals surface area contributed by atoms with Gasteiger partial charge >= 0.3 is 5.97 Å². The van der Waals surface area contributed by atoms with Gasteiger partial charge in [-0.1, -0.05) is 6.92 Å². The number of piperidine rings is 1. The highest BCUT2D eigenvalue weighted by atomic mass is 32.2. The number of aliphatic carboxylic acids is 1. The van der Waals surface area contributed by atoms with E-state index in [2.05, 4.69) is 0 Å². The Balaban J connectivity index is 2.04. The smallest absolute Gasteiger partial charge is 0.306 e. The quantitative estimate of drug-likeness (QED) is 0.850. The highest BCUT2D eigenvalue weighted by Gasteiger charge is 2.34. The summed E-state index contributed by atoms with van der Waals surface area (Å²) in [5, 5.41) is 8.96. The fourth-order valence-corrected chi connectivity index (χ4v) is 4.05. The Bertz CT molecular complexity index is 561. The van der Waals surface area contributed by atoms with Crippen molar-refractivity contribution < 1.29 is 22.7 Å². The van der Waals surface area contributed by atoms with Crippen LogP contribution in [0.4, 0.5) is 0 Å². The fraction of sp³-hybridized carbons (Fsp3) is 0.615. The van der Waals surface area contributed by atoms with Crippen LogP contribution in [-0.2, 0) is 21.5 Å². The molecule has 1 aromatic heterocycles. The molecule has 118 valence electrons. The van der Waals surface area contributed by atoms with Crippen LogP contribution in [0.15, 0.2) is 22.8 Å². The molecule has 1 N–H and O–H groups in total. The van der Waals surface area contributed by atoms with Gasteiger partial charge in [0.15, 0.2) is 0 Å². The number of carboxylic acid groups (broad SMARTS) is 1. The summed E-state index contributed by atoms with van der Waals surface area (Å²) in [7, 11) is -3.59. The van der Waals surface area contributed by atoms with Crippen molar-refractivity contribution in [3.05, 3.63) is 24.2 Å². The van der Waals surface area contributed by atoms with Crippen molar-refractivity contribution in [3.8, 4) is 0 Å². The van der Waals surface area contributed by atoms with Crippen LogP contribution in [0.2, 0.25) is 0 Å². The lowest BCUT2D eigenvalue weighted by Crippen LogP contribution is -2.47. The summed E-state index contributed by atoms with van der Waals surface area (Å²) in [4.78, 5) is 10.9. The van der Waals surface area contributed by atoms with Crippen LogP contribution in [0.3, 0.4) is 0 Å². The van der Waals surface area contributed by atoms with E-state index in [1.165, 1.54) is 14.9 Å². The third kappa shape index (κ3) is 3.63. The molecule has 1 aliphatic rings. The van der Waals surface area contributed by atoms with E-state index in [-0.39, 0.29) is 19.6 Å². The summed E-state index contributed by atoms with van der Waals surface area (Å²) < 4.78 is 33.1. The Morgan fingerprint density at radius 3 is 2.62 bits per heavy atom. The van der Waals surface area contributed by atoms with E-state index in [9.17, 15) is 13.2 Å². The molecule has 0 atom stereocenters. The summed E-state index contributed by atoms with van der Waals surface area (Å²) in [6.45, 7) is 2.78. The zero-order chi connectivity index (χ0) is 15.5. The minimum atomic E-state index is -3.59. The highest BCUT2D eigenvalue weighted by Crippen LogP contribution is 2.22. The van der Waals surface area contributed by atoms with E-state index < -0.39 is 22.1 Å². The van der Waals surface area contributed by atoms with Crippen LogP contribution in [0.1, 0.15) is 25.5 Å². The molecule has 1 saturated heterocycles. The molecular weight excluding hydrogens is 296 g/mol. The summed E-state index contributed by atoms with van der Waals surface area (Å²) in [6, 6.07) is 3.45. The van der Waals surface area contributed by atoms with Gasteiger partial charge in [-0.25, -0.2) is 0 Å². The first-order valence-electron chi connectivity index (χ1n) is 6.95. The van der Waals surface area contributed by atoms with Crippen molar-refractivity contribution in [2.45, 2.75) is 26.3 Å². The molecule has 0 amide bonds. The number of carboxylic acids is 1. The lowest BCUT2D eigenvalue weighted by atomic mass is 9.99. The molecule has 1 aromatic rings. The molecule has 7 nitrogen and oxygen atoms in total. The summed E-state index contributed by atoms with van der Waals surface area (Å²) >= 11 is 0. The van der Waals surface area contributed by atoms with Crippen LogP contribution < -0.4 is 0 Å². The van der Waals surface area contributed by atoms with Gasteiger partial charge in [0.05, 0.1) is 18.7 Å². The molecule has 0 bridgehead atoms. The van der Waals surface area contributed by atoms with Crippen LogP contribution in [0.25, 0.3) is 0 Å². The van der Waals surface area contributed by atoms with Gasteiger partial charge in [0.25, 0.3) is 10.2 Å². The average molecular weight is 316 g/mol. The second-order valence-corrected chi connectivity index (χ2v) is 6.95. The molecule has 2 rings (SSSR count). The van der Waals surface area contributed by atoms with E-state index in [0.717, 1.165) is 0 Å². The lowest BCUT2D eigenvalue weighted by Gasteiger charge is -2.33. The second-order valence-electron chi connectivity index (χ2n) is 5.02. The molecule has 8 heteroatoms. The zero-order valence-electron chi connectivity index (χ0n) is 11.9. The van der Waals surface area contributed by atoms with Crippen molar-refractivity contribution in [3.63, 3.8) is 0 Å². The number of furan rings is 1. The minimum Gasteiger partial charge on any atom is -0.481 e. The van der Waals surface area contributed by atoms with E-state index in [1.807, 2.05) is 0 Å². The van der Waals surface area contributed by atoms with Crippen LogP contribution in [0.5, 0.6) is 0 Å². The molecular formula is C13H20N2O5S. The summed E-state index contributed by atoms with van der Waals surface area (Å²) in [5.41, 5.74) is 0. The topological polar surface area (TPSA) is 91.1 Å². The summed E-state index contributed by atoms with van der Waals surface area (Å²) in [6.07, 6.45) is 2.22. The number of carbonyl (C=O) groups is 1. The first-order valence-corrected chi connectivity index (χ1v) is 8.35. The first kappa shape index (κ1) is 16.0. The maximum atomic E-state index is 12.6. The number of hydrogen-bond acceptors (Lipinski definition) is 4. The van der Waals surface area contributed by atoms with Gasteiger partial charge in [0, 0.05) is 19.6 Å². The second kappa shape index (κ2) is 6.59. The van der Waals surface area contributed by atoms with Crippen molar-refractivity contribution in [1.29, 1.82) is 0 Å². The zero-order valence-corrected chi connectivity index (χ0v) is 12.8. The highest BCUT2D eigenvalue weighted by molar-refractivity contribution is 7.86. The van der Waals surface area contributed by atoms with Gasteiger partial charge in [-0.05, 0) is 25.0 Å². The lowest BCUT2D eigenvalue weighted by molar-refractivity contribution is -0.142. The SMILES string of the molecule is CCN(Cc1ccco1)S(=O)(=O)N1CCC(C(=O)O)CC1. The minimum absolute atomic E-state index is 0.185. The van der Waals surface area contributed by atoms with Crippen LogP contribution in [-0.4, -0.2) is 47.7 Å². The van der Waals surface area contributed by atoms with Gasteiger partial charge in [-0.15, -0.1) is 0 Å². The fourth-order valence-electron chi connectivity index (χ4n) is 2.43. The molecule has 2 heterocycles. The predicted molar refractivity (Wildman–Crippen MR) is 75.6 cm³/mol. The molecule has 1 fully saturated rings. The van der Waals surface area contributed by atoms with Crippen molar-refractivity contribution >= 4 is 16.2 Å². The maximum absolute atomic E-state index is 12.6. The Morgan fingerprint density at radius 1 is 1.48 bits per heavy atom. The number of rotatable bonds is 6. The standard InChI is InChI=1S/C13H20N2O5S/c1-2-14(10-12-4-3-9-20-12)21(18,19)15-7-5-11(6-8-15)13(16)17/h3-4,9,11H,2,5-8,10H2,1H3,(H,16,17). The predicted octanol–water partition coefficient (Wildman–Crippen LogP) is 1.14.